The third-order valence-corrected chi connectivity index (χ3v) is 4.50. The lowest BCUT2D eigenvalue weighted by atomic mass is 10.2. The molecule has 11 heteroatoms. The molecule has 0 fully saturated rings. The third kappa shape index (κ3) is 7.55. The highest BCUT2D eigenvalue weighted by molar-refractivity contribution is 7.89. The Kier molecular flexibility index (Phi) is 7.00. The van der Waals surface area contributed by atoms with E-state index in [0.717, 1.165) is 23.1 Å². The zero-order valence-electron chi connectivity index (χ0n) is 15.3. The SMILES string of the molecule is CN(CC(=O)OC(C)(C)C)C(=O)CNS(=O)(=O)c1cccc(C(F)(F)F)c1. The molecular weight excluding hydrogens is 389 g/mol. The minimum atomic E-state index is -4.70. The maximum absolute atomic E-state index is 12.7. The molecule has 152 valence electrons. The standard InChI is InChI=1S/C16H21F3N2O5S/c1-15(2,3)26-14(23)10-21(4)13(22)9-20-27(24,25)12-7-5-6-11(8-12)16(17,18)19/h5-8,20H,9-10H2,1-4H3. The van der Waals surface area contributed by atoms with E-state index in [1.54, 1.807) is 20.8 Å². The second-order valence-corrected chi connectivity index (χ2v) is 8.45. The predicted molar refractivity (Wildman–Crippen MR) is 90.1 cm³/mol. The molecule has 0 aromatic heterocycles. The number of alkyl halides is 3. The molecule has 1 aromatic rings. The number of hydrogen-bond donors (Lipinski definition) is 1. The van der Waals surface area contributed by atoms with Crippen molar-refractivity contribution in [3.8, 4) is 0 Å². The number of hydrogen-bond acceptors (Lipinski definition) is 5. The van der Waals surface area contributed by atoms with Crippen LogP contribution >= 0.6 is 0 Å². The Balaban J connectivity index is 2.73. The van der Waals surface area contributed by atoms with Crippen LogP contribution in [-0.2, 0) is 30.5 Å². The number of amides is 1. The topological polar surface area (TPSA) is 92.8 Å². The molecule has 0 aliphatic rings. The summed E-state index contributed by atoms with van der Waals surface area (Å²) in [5.41, 5.74) is -1.87. The van der Waals surface area contributed by atoms with Gasteiger partial charge in [0.25, 0.3) is 0 Å². The van der Waals surface area contributed by atoms with Gasteiger partial charge in [-0.2, -0.15) is 13.2 Å². The lowest BCUT2D eigenvalue weighted by Gasteiger charge is -2.22. The van der Waals surface area contributed by atoms with Crippen LogP contribution in [0, 0.1) is 0 Å². The molecule has 0 aliphatic carbocycles. The van der Waals surface area contributed by atoms with Crippen molar-refractivity contribution in [2.75, 3.05) is 20.1 Å². The molecule has 0 spiro atoms. The number of benzene rings is 1. The Labute approximate surface area is 155 Å². The normalized spacial score (nSPS) is 12.6. The van der Waals surface area contributed by atoms with Crippen LogP contribution in [0.4, 0.5) is 13.2 Å². The van der Waals surface area contributed by atoms with Gasteiger partial charge in [0.15, 0.2) is 0 Å². The Morgan fingerprint density at radius 2 is 1.78 bits per heavy atom. The molecule has 0 radical (unpaired) electrons. The quantitative estimate of drug-likeness (QED) is 0.722. The van der Waals surface area contributed by atoms with Crippen LogP contribution < -0.4 is 4.72 Å². The number of sulfonamides is 1. The van der Waals surface area contributed by atoms with Gasteiger partial charge in [0.05, 0.1) is 17.0 Å². The fourth-order valence-corrected chi connectivity index (χ4v) is 2.89. The van der Waals surface area contributed by atoms with Crippen molar-refractivity contribution in [3.63, 3.8) is 0 Å². The first-order valence-corrected chi connectivity index (χ1v) is 9.23. The zero-order chi connectivity index (χ0) is 21.0. The van der Waals surface area contributed by atoms with Crippen LogP contribution in [-0.4, -0.2) is 50.9 Å². The Hall–Kier alpha value is -2.14. The minimum Gasteiger partial charge on any atom is -0.459 e. The smallest absolute Gasteiger partial charge is 0.416 e. The summed E-state index contributed by atoms with van der Waals surface area (Å²) in [7, 11) is -3.07. The molecule has 0 heterocycles. The van der Waals surface area contributed by atoms with E-state index in [4.69, 9.17) is 4.74 Å². The summed E-state index contributed by atoms with van der Waals surface area (Å²) >= 11 is 0. The number of nitrogens with one attached hydrogen (secondary N) is 1. The van der Waals surface area contributed by atoms with Crippen LogP contribution in [0.5, 0.6) is 0 Å². The first-order chi connectivity index (χ1) is 12.1. The van der Waals surface area contributed by atoms with E-state index in [2.05, 4.69) is 0 Å². The van der Waals surface area contributed by atoms with Gasteiger partial charge in [0.1, 0.15) is 12.1 Å². The van der Waals surface area contributed by atoms with Crippen molar-refractivity contribution in [2.45, 2.75) is 37.4 Å². The van der Waals surface area contributed by atoms with Crippen molar-refractivity contribution in [2.24, 2.45) is 0 Å². The van der Waals surface area contributed by atoms with Crippen molar-refractivity contribution in [3.05, 3.63) is 29.8 Å². The van der Waals surface area contributed by atoms with Crippen LogP contribution in [0.2, 0.25) is 0 Å². The summed E-state index contributed by atoms with van der Waals surface area (Å²) < 4.78 is 69.3. The average molecular weight is 410 g/mol. The summed E-state index contributed by atoms with van der Waals surface area (Å²) in [5, 5.41) is 0. The van der Waals surface area contributed by atoms with Crippen molar-refractivity contribution in [1.29, 1.82) is 0 Å². The second kappa shape index (κ2) is 8.26. The van der Waals surface area contributed by atoms with E-state index in [0.29, 0.717) is 6.07 Å². The number of rotatable bonds is 6. The van der Waals surface area contributed by atoms with E-state index in [1.165, 1.54) is 7.05 Å². The molecule has 0 atom stereocenters. The van der Waals surface area contributed by atoms with Crippen molar-refractivity contribution < 1.29 is 35.9 Å². The van der Waals surface area contributed by atoms with E-state index >= 15 is 0 Å². The summed E-state index contributed by atoms with van der Waals surface area (Å²) in [6.07, 6.45) is -4.70. The molecule has 1 rings (SSSR count). The van der Waals surface area contributed by atoms with Crippen LogP contribution in [0.3, 0.4) is 0 Å². The third-order valence-electron chi connectivity index (χ3n) is 3.10. The zero-order valence-corrected chi connectivity index (χ0v) is 16.1. The monoisotopic (exact) mass is 410 g/mol. The fourth-order valence-electron chi connectivity index (χ4n) is 1.87. The molecule has 0 aliphatic heterocycles. The minimum absolute atomic E-state index is 0.401. The maximum Gasteiger partial charge on any atom is 0.416 e. The van der Waals surface area contributed by atoms with Gasteiger partial charge >= 0.3 is 12.1 Å². The van der Waals surface area contributed by atoms with Crippen LogP contribution in [0.25, 0.3) is 0 Å². The summed E-state index contributed by atoms with van der Waals surface area (Å²) in [6.45, 7) is 3.82. The number of ether oxygens (including phenoxy) is 1. The summed E-state index contributed by atoms with van der Waals surface area (Å²) in [4.78, 5) is 23.9. The van der Waals surface area contributed by atoms with Crippen LogP contribution in [0.1, 0.15) is 26.3 Å². The maximum atomic E-state index is 12.7. The van der Waals surface area contributed by atoms with Crippen molar-refractivity contribution in [1.82, 2.24) is 9.62 Å². The van der Waals surface area contributed by atoms with E-state index in [1.807, 2.05) is 4.72 Å². The number of esters is 1. The second-order valence-electron chi connectivity index (χ2n) is 6.69. The number of carbonyl (C=O) groups is 2. The van der Waals surface area contributed by atoms with Crippen LogP contribution in [0.15, 0.2) is 29.2 Å². The largest absolute Gasteiger partial charge is 0.459 e. The highest BCUT2D eigenvalue weighted by Gasteiger charge is 2.31. The van der Waals surface area contributed by atoms with Gasteiger partial charge in [-0.15, -0.1) is 0 Å². The molecule has 0 unspecified atom stereocenters. The fraction of sp³-hybridized carbons (Fsp3) is 0.500. The molecule has 1 N–H and O–H groups in total. The lowest BCUT2D eigenvalue weighted by molar-refractivity contribution is -0.158. The van der Waals surface area contributed by atoms with Gasteiger partial charge < -0.3 is 9.64 Å². The Morgan fingerprint density at radius 1 is 1.19 bits per heavy atom. The van der Waals surface area contributed by atoms with E-state index in [9.17, 15) is 31.2 Å². The molecule has 1 amide bonds. The molecule has 27 heavy (non-hydrogen) atoms. The van der Waals surface area contributed by atoms with E-state index < -0.39 is 57.2 Å². The number of carbonyl (C=O) groups excluding carboxylic acids is 2. The number of nitrogens with zero attached hydrogens (tertiary/aromatic N) is 1. The van der Waals surface area contributed by atoms with E-state index in [-0.39, 0.29) is 0 Å². The highest BCUT2D eigenvalue weighted by Crippen LogP contribution is 2.30. The lowest BCUT2D eigenvalue weighted by Crippen LogP contribution is -2.41. The Morgan fingerprint density at radius 3 is 2.30 bits per heavy atom. The van der Waals surface area contributed by atoms with Gasteiger partial charge in [-0.25, -0.2) is 13.1 Å². The highest BCUT2D eigenvalue weighted by atomic mass is 32.2. The molecule has 0 saturated carbocycles. The molecule has 0 bridgehead atoms. The molecule has 0 saturated heterocycles. The van der Waals surface area contributed by atoms with Gasteiger partial charge in [0.2, 0.25) is 15.9 Å². The van der Waals surface area contributed by atoms with Gasteiger partial charge in [-0.05, 0) is 39.0 Å². The summed E-state index contributed by atoms with van der Waals surface area (Å²) in [5.74, 6) is -1.43. The van der Waals surface area contributed by atoms with Gasteiger partial charge in [-0.3, -0.25) is 9.59 Å². The number of halogens is 3. The first-order valence-electron chi connectivity index (χ1n) is 7.74. The molecule has 7 nitrogen and oxygen atoms in total. The van der Waals surface area contributed by atoms with Gasteiger partial charge in [0, 0.05) is 7.05 Å². The average Bonchev–Trinajstić information content (AvgIpc) is 2.50. The van der Waals surface area contributed by atoms with Crippen molar-refractivity contribution >= 4 is 21.9 Å². The summed E-state index contributed by atoms with van der Waals surface area (Å²) in [6, 6.07) is 3.14. The Bertz CT molecular complexity index is 801. The number of likely N-dealkylation sites (N-methyl/N-ethyl adjacent to an activating group) is 1. The predicted octanol–water partition coefficient (Wildman–Crippen LogP) is 1.78. The first kappa shape index (κ1) is 22.9. The molecular formula is C16H21F3N2O5S. The molecule has 1 aromatic carbocycles. The van der Waals surface area contributed by atoms with Gasteiger partial charge in [-0.1, -0.05) is 6.07 Å².